The van der Waals surface area contributed by atoms with Crippen molar-refractivity contribution < 1.29 is 62.7 Å². The zero-order valence-corrected chi connectivity index (χ0v) is 30.8. The van der Waals surface area contributed by atoms with Crippen molar-refractivity contribution in [3.05, 3.63) is 84.4 Å². The number of aliphatic hydroxyl groups is 2. The number of hydrogen-bond donors (Lipinski definition) is 2. The second-order valence-electron chi connectivity index (χ2n) is 15.1. The SMILES string of the molecule is C=CC1C(OC(=O)c2ccccc2)C2C(O)(C(=O)C1(C)O)C(OC(C)=O)CC1C(C)(C)C(OC(C)=O)C(OC(C)=O)C(OC(=O)c3ccccc3)C12C. The average molecular weight is 735 g/mol. The summed E-state index contributed by atoms with van der Waals surface area (Å²) in [7, 11) is 0. The Kier molecular flexibility index (Phi) is 10.5. The largest absolute Gasteiger partial charge is 0.459 e. The molecule has 3 saturated carbocycles. The van der Waals surface area contributed by atoms with Crippen LogP contribution in [0.2, 0.25) is 0 Å². The molecule has 0 saturated heterocycles. The van der Waals surface area contributed by atoms with Gasteiger partial charge in [-0.25, -0.2) is 9.59 Å². The van der Waals surface area contributed by atoms with Crippen LogP contribution in [0.3, 0.4) is 0 Å². The van der Waals surface area contributed by atoms with Gasteiger partial charge < -0.3 is 33.9 Å². The molecular weight excluding hydrogens is 688 g/mol. The van der Waals surface area contributed by atoms with Crippen LogP contribution in [0, 0.1) is 28.6 Å². The Bertz CT molecular complexity index is 1790. The van der Waals surface area contributed by atoms with Crippen LogP contribution in [0.4, 0.5) is 0 Å². The predicted molar refractivity (Wildman–Crippen MR) is 186 cm³/mol. The molecule has 53 heavy (non-hydrogen) atoms. The molecule has 2 aromatic carbocycles. The highest BCUT2D eigenvalue weighted by molar-refractivity contribution is 5.98. The van der Waals surface area contributed by atoms with E-state index < -0.39 is 106 Å². The quantitative estimate of drug-likeness (QED) is 0.227. The van der Waals surface area contributed by atoms with Gasteiger partial charge in [0.2, 0.25) is 0 Å². The Morgan fingerprint density at radius 2 is 1.19 bits per heavy atom. The van der Waals surface area contributed by atoms with Crippen molar-refractivity contribution in [1.82, 2.24) is 0 Å². The van der Waals surface area contributed by atoms with Crippen molar-refractivity contribution in [1.29, 1.82) is 0 Å². The van der Waals surface area contributed by atoms with E-state index in [-0.39, 0.29) is 17.5 Å². The van der Waals surface area contributed by atoms with Crippen molar-refractivity contribution in [3.63, 3.8) is 0 Å². The van der Waals surface area contributed by atoms with E-state index in [0.717, 1.165) is 27.7 Å². The fourth-order valence-corrected chi connectivity index (χ4v) is 9.40. The van der Waals surface area contributed by atoms with Gasteiger partial charge in [-0.15, -0.1) is 6.58 Å². The van der Waals surface area contributed by atoms with E-state index in [1.165, 1.54) is 30.3 Å². The Balaban J connectivity index is 1.86. The number of Topliss-reactive ketones (excluding diaryl/α,β-unsaturated/α-hetero) is 1. The number of carbonyl (C=O) groups excluding carboxylic acids is 6. The van der Waals surface area contributed by atoms with Gasteiger partial charge in [0.05, 0.1) is 17.0 Å². The topological polar surface area (TPSA) is 189 Å². The second kappa shape index (κ2) is 14.2. The number of rotatable bonds is 8. The molecule has 0 amide bonds. The number of ketones is 1. The molecule has 11 unspecified atom stereocenters. The fraction of sp³-hybridized carbons (Fsp3) is 0.500. The molecule has 2 aromatic rings. The molecule has 284 valence electrons. The minimum Gasteiger partial charge on any atom is -0.459 e. The van der Waals surface area contributed by atoms with Gasteiger partial charge in [-0.05, 0) is 43.5 Å². The number of fused-ring (bicyclic) bond motifs is 3. The summed E-state index contributed by atoms with van der Waals surface area (Å²) in [4.78, 5) is 80.9. The second-order valence-corrected chi connectivity index (χ2v) is 15.1. The third kappa shape index (κ3) is 6.54. The molecule has 5 rings (SSSR count). The first-order chi connectivity index (χ1) is 24.7. The molecule has 2 N–H and O–H groups in total. The van der Waals surface area contributed by atoms with E-state index in [2.05, 4.69) is 6.58 Å². The summed E-state index contributed by atoms with van der Waals surface area (Å²) in [5.74, 6) is -9.29. The van der Waals surface area contributed by atoms with E-state index in [9.17, 15) is 39.0 Å². The predicted octanol–water partition coefficient (Wildman–Crippen LogP) is 3.78. The van der Waals surface area contributed by atoms with E-state index in [4.69, 9.17) is 23.7 Å². The number of carbonyl (C=O) groups is 6. The molecule has 3 fully saturated rings. The molecule has 0 heterocycles. The summed E-state index contributed by atoms with van der Waals surface area (Å²) >= 11 is 0. The Morgan fingerprint density at radius 1 is 0.698 bits per heavy atom. The number of benzene rings is 2. The van der Waals surface area contributed by atoms with Gasteiger partial charge >= 0.3 is 29.8 Å². The van der Waals surface area contributed by atoms with Gasteiger partial charge in [-0.2, -0.15) is 0 Å². The highest BCUT2D eigenvalue weighted by Gasteiger charge is 2.80. The van der Waals surface area contributed by atoms with Crippen LogP contribution >= 0.6 is 0 Å². The summed E-state index contributed by atoms with van der Waals surface area (Å²) in [5, 5.41) is 25.0. The van der Waals surface area contributed by atoms with E-state index in [1.54, 1.807) is 57.2 Å². The summed E-state index contributed by atoms with van der Waals surface area (Å²) in [5.41, 5.74) is -8.03. The van der Waals surface area contributed by atoms with E-state index >= 15 is 0 Å². The minimum atomic E-state index is -2.80. The molecule has 11 atom stereocenters. The molecular formula is C40H46O13. The lowest BCUT2D eigenvalue weighted by Crippen LogP contribution is -2.83. The van der Waals surface area contributed by atoms with E-state index in [1.807, 2.05) is 0 Å². The van der Waals surface area contributed by atoms with Crippen LogP contribution < -0.4 is 0 Å². The molecule has 13 nitrogen and oxygen atoms in total. The van der Waals surface area contributed by atoms with Crippen LogP contribution in [0.5, 0.6) is 0 Å². The minimum absolute atomic E-state index is 0.102. The lowest BCUT2D eigenvalue weighted by Gasteiger charge is -2.69. The monoisotopic (exact) mass is 734 g/mol. The molecule has 13 heteroatoms. The van der Waals surface area contributed by atoms with Gasteiger partial charge in [0.25, 0.3) is 0 Å². The number of hydrogen-bond acceptors (Lipinski definition) is 13. The molecule has 0 aromatic heterocycles. The third-order valence-corrected chi connectivity index (χ3v) is 11.5. The first kappa shape index (κ1) is 39.3. The maximum Gasteiger partial charge on any atom is 0.338 e. The van der Waals surface area contributed by atoms with Gasteiger partial charge in [0.15, 0.2) is 17.5 Å². The zero-order valence-electron chi connectivity index (χ0n) is 30.8. The summed E-state index contributed by atoms with van der Waals surface area (Å²) in [6, 6.07) is 15.8. The smallest absolute Gasteiger partial charge is 0.338 e. The first-order valence-electron chi connectivity index (χ1n) is 17.4. The summed E-state index contributed by atoms with van der Waals surface area (Å²) < 4.78 is 30.0. The highest BCUT2D eigenvalue weighted by Crippen LogP contribution is 2.68. The third-order valence-electron chi connectivity index (χ3n) is 11.5. The van der Waals surface area contributed by atoms with Crippen molar-refractivity contribution in [2.75, 3.05) is 0 Å². The molecule has 0 aliphatic heterocycles. The molecule has 0 bridgehead atoms. The van der Waals surface area contributed by atoms with Crippen LogP contribution in [0.15, 0.2) is 73.3 Å². The van der Waals surface area contributed by atoms with Crippen LogP contribution in [-0.2, 0) is 42.9 Å². The molecule has 0 radical (unpaired) electrons. The van der Waals surface area contributed by atoms with Crippen molar-refractivity contribution in [3.8, 4) is 0 Å². The Morgan fingerprint density at radius 3 is 1.66 bits per heavy atom. The van der Waals surface area contributed by atoms with Crippen LogP contribution in [-0.4, -0.2) is 87.6 Å². The first-order valence-corrected chi connectivity index (χ1v) is 17.4. The van der Waals surface area contributed by atoms with Gasteiger partial charge in [0, 0.05) is 37.5 Å². The lowest BCUT2D eigenvalue weighted by molar-refractivity contribution is -0.321. The summed E-state index contributed by atoms with van der Waals surface area (Å²) in [6.45, 7) is 13.4. The zero-order chi connectivity index (χ0) is 39.3. The van der Waals surface area contributed by atoms with Crippen LogP contribution in [0.25, 0.3) is 0 Å². The van der Waals surface area contributed by atoms with Crippen molar-refractivity contribution >= 4 is 35.6 Å². The van der Waals surface area contributed by atoms with Gasteiger partial charge in [-0.1, -0.05) is 63.2 Å². The highest BCUT2D eigenvalue weighted by atomic mass is 16.6. The number of esters is 5. The molecule has 0 spiro atoms. The summed E-state index contributed by atoms with van der Waals surface area (Å²) in [6.07, 6.45) is -6.77. The maximum atomic E-state index is 14.7. The standard InChI is InChI=1S/C40H46O13/c1-9-26-29(52-34(44)24-16-12-10-13-17-24)31-38(7)27(20-28(49-21(2)41)40(31,48)36(46)39(26,8)47)37(5,6)32(51-23(4)43)30(50-22(3)42)33(38)53-35(45)25-18-14-11-15-19-25/h9-19,26-33,47-48H,1,20H2,2-8H3. The lowest BCUT2D eigenvalue weighted by atomic mass is 9.38. The normalized spacial score (nSPS) is 35.7. The van der Waals surface area contributed by atoms with Crippen molar-refractivity contribution in [2.45, 2.75) is 96.6 Å². The van der Waals surface area contributed by atoms with Gasteiger partial charge in [-0.3, -0.25) is 19.2 Å². The average Bonchev–Trinajstić information content (AvgIpc) is 3.08. The van der Waals surface area contributed by atoms with Crippen LogP contribution in [0.1, 0.15) is 75.6 Å². The van der Waals surface area contributed by atoms with Gasteiger partial charge in [0.1, 0.15) is 30.0 Å². The number of ether oxygens (including phenoxy) is 5. The molecule has 3 aliphatic rings. The Hall–Kier alpha value is -4.88. The van der Waals surface area contributed by atoms with E-state index in [0.29, 0.717) is 0 Å². The van der Waals surface area contributed by atoms with Crippen molar-refractivity contribution in [2.24, 2.45) is 28.6 Å². The maximum absolute atomic E-state index is 14.7. The molecule has 3 aliphatic carbocycles. The fourth-order valence-electron chi connectivity index (χ4n) is 9.40. The Labute approximate surface area is 307 Å².